The van der Waals surface area contributed by atoms with Crippen molar-refractivity contribution in [3.8, 4) is 11.1 Å². The Hall–Kier alpha value is -1.96. The SMILES string of the molecule is CNCCNS(=O)(=O)c1ccc(-c2ccnc3c2CC(C)N3)cc1. The molecule has 2 aromatic rings. The minimum absolute atomic E-state index is 0.277. The van der Waals surface area contributed by atoms with E-state index in [4.69, 9.17) is 0 Å². The first-order valence-corrected chi connectivity index (χ1v) is 9.48. The van der Waals surface area contributed by atoms with Crippen molar-refractivity contribution >= 4 is 15.8 Å². The van der Waals surface area contributed by atoms with Gasteiger partial charge in [0.05, 0.1) is 4.90 Å². The molecule has 6 nitrogen and oxygen atoms in total. The van der Waals surface area contributed by atoms with Gasteiger partial charge in [0.25, 0.3) is 0 Å². The number of nitrogens with one attached hydrogen (secondary N) is 3. The van der Waals surface area contributed by atoms with Gasteiger partial charge in [0.2, 0.25) is 10.0 Å². The van der Waals surface area contributed by atoms with Crippen LogP contribution in [0.4, 0.5) is 5.82 Å². The molecule has 2 heterocycles. The van der Waals surface area contributed by atoms with Crippen LogP contribution in [0.3, 0.4) is 0 Å². The topological polar surface area (TPSA) is 83.1 Å². The van der Waals surface area contributed by atoms with Crippen molar-refractivity contribution in [3.63, 3.8) is 0 Å². The van der Waals surface area contributed by atoms with Crippen LogP contribution in [0.1, 0.15) is 12.5 Å². The number of benzene rings is 1. The number of fused-ring (bicyclic) bond motifs is 1. The molecule has 0 fully saturated rings. The predicted molar refractivity (Wildman–Crippen MR) is 95.6 cm³/mol. The molecule has 1 aromatic heterocycles. The summed E-state index contributed by atoms with van der Waals surface area (Å²) in [6.07, 6.45) is 2.70. The minimum atomic E-state index is -3.47. The Morgan fingerprint density at radius 3 is 2.67 bits per heavy atom. The fourth-order valence-corrected chi connectivity index (χ4v) is 3.92. The quantitative estimate of drug-likeness (QED) is 0.692. The lowest BCUT2D eigenvalue weighted by molar-refractivity contribution is 0.579. The van der Waals surface area contributed by atoms with E-state index in [1.165, 1.54) is 5.56 Å². The second-order valence-corrected chi connectivity index (χ2v) is 7.73. The van der Waals surface area contributed by atoms with Crippen molar-refractivity contribution in [3.05, 3.63) is 42.1 Å². The molecular formula is C17H22N4O2S. The molecule has 3 N–H and O–H groups in total. The molecule has 1 aliphatic rings. The lowest BCUT2D eigenvalue weighted by Gasteiger charge is -2.10. The van der Waals surface area contributed by atoms with Crippen LogP contribution in [0.2, 0.25) is 0 Å². The predicted octanol–water partition coefficient (Wildman–Crippen LogP) is 1.60. The number of sulfonamides is 1. The summed E-state index contributed by atoms with van der Waals surface area (Å²) >= 11 is 0. The number of aromatic nitrogens is 1. The van der Waals surface area contributed by atoms with Gasteiger partial charge in [-0.05, 0) is 49.7 Å². The maximum absolute atomic E-state index is 12.2. The molecule has 0 radical (unpaired) electrons. The van der Waals surface area contributed by atoms with Gasteiger partial charge in [-0.25, -0.2) is 18.1 Å². The first-order valence-electron chi connectivity index (χ1n) is 8.00. The van der Waals surface area contributed by atoms with Gasteiger partial charge in [0.1, 0.15) is 5.82 Å². The lowest BCUT2D eigenvalue weighted by atomic mass is 9.99. The summed E-state index contributed by atoms with van der Waals surface area (Å²) in [6, 6.07) is 9.35. The average Bonchev–Trinajstić information content (AvgIpc) is 2.95. The van der Waals surface area contributed by atoms with Crippen LogP contribution in [0, 0.1) is 0 Å². The molecule has 128 valence electrons. The molecule has 1 aliphatic heterocycles. The van der Waals surface area contributed by atoms with E-state index in [2.05, 4.69) is 27.3 Å². The molecular weight excluding hydrogens is 324 g/mol. The van der Waals surface area contributed by atoms with Gasteiger partial charge in [-0.15, -0.1) is 0 Å². The zero-order valence-corrected chi connectivity index (χ0v) is 14.7. The smallest absolute Gasteiger partial charge is 0.240 e. The summed E-state index contributed by atoms with van der Waals surface area (Å²) < 4.78 is 27.0. The van der Waals surface area contributed by atoms with Crippen molar-refractivity contribution < 1.29 is 8.42 Å². The zero-order chi connectivity index (χ0) is 17.2. The molecule has 0 saturated heterocycles. The van der Waals surface area contributed by atoms with Crippen molar-refractivity contribution in [1.29, 1.82) is 0 Å². The summed E-state index contributed by atoms with van der Waals surface area (Å²) in [7, 11) is -1.68. The molecule has 0 amide bonds. The molecule has 1 aromatic carbocycles. The summed E-state index contributed by atoms with van der Waals surface area (Å²) in [4.78, 5) is 4.65. The number of hydrogen-bond donors (Lipinski definition) is 3. The van der Waals surface area contributed by atoms with E-state index in [0.29, 0.717) is 19.1 Å². The largest absolute Gasteiger partial charge is 0.367 e. The summed E-state index contributed by atoms with van der Waals surface area (Å²) in [5, 5.41) is 6.26. The van der Waals surface area contributed by atoms with Gasteiger partial charge in [-0.1, -0.05) is 12.1 Å². The van der Waals surface area contributed by atoms with E-state index in [9.17, 15) is 8.42 Å². The highest BCUT2D eigenvalue weighted by Crippen LogP contribution is 2.33. The number of hydrogen-bond acceptors (Lipinski definition) is 5. The molecule has 0 spiro atoms. The number of likely N-dealkylation sites (N-methyl/N-ethyl adjacent to an activating group) is 1. The van der Waals surface area contributed by atoms with E-state index in [-0.39, 0.29) is 4.90 Å². The molecule has 24 heavy (non-hydrogen) atoms. The second-order valence-electron chi connectivity index (χ2n) is 5.96. The highest BCUT2D eigenvalue weighted by molar-refractivity contribution is 7.89. The summed E-state index contributed by atoms with van der Waals surface area (Å²) in [5.74, 6) is 0.922. The third-order valence-electron chi connectivity index (χ3n) is 4.09. The zero-order valence-electron chi connectivity index (χ0n) is 13.8. The van der Waals surface area contributed by atoms with E-state index in [1.54, 1.807) is 25.4 Å². The first kappa shape index (κ1) is 16.9. The number of pyridine rings is 1. The van der Waals surface area contributed by atoms with Crippen LogP contribution < -0.4 is 15.4 Å². The Morgan fingerprint density at radius 1 is 1.21 bits per heavy atom. The Kier molecular flexibility index (Phi) is 4.84. The Bertz CT molecular complexity index is 819. The van der Waals surface area contributed by atoms with Crippen LogP contribution in [0.15, 0.2) is 41.4 Å². The van der Waals surface area contributed by atoms with E-state index in [1.807, 2.05) is 18.2 Å². The second kappa shape index (κ2) is 6.88. The Morgan fingerprint density at radius 2 is 1.96 bits per heavy atom. The molecule has 1 atom stereocenters. The van der Waals surface area contributed by atoms with E-state index in [0.717, 1.165) is 23.4 Å². The van der Waals surface area contributed by atoms with Gasteiger partial charge >= 0.3 is 0 Å². The van der Waals surface area contributed by atoms with Crippen molar-refractivity contribution in [2.24, 2.45) is 0 Å². The molecule has 1 unspecified atom stereocenters. The van der Waals surface area contributed by atoms with Crippen molar-refractivity contribution in [1.82, 2.24) is 15.0 Å². The molecule has 0 bridgehead atoms. The van der Waals surface area contributed by atoms with Gasteiger partial charge in [0, 0.05) is 30.9 Å². The third-order valence-corrected chi connectivity index (χ3v) is 5.57. The maximum atomic E-state index is 12.2. The maximum Gasteiger partial charge on any atom is 0.240 e. The molecule has 0 saturated carbocycles. The van der Waals surface area contributed by atoms with Crippen LogP contribution in [-0.4, -0.2) is 39.6 Å². The Balaban J connectivity index is 1.85. The first-order chi connectivity index (χ1) is 11.5. The number of anilines is 1. The van der Waals surface area contributed by atoms with Crippen molar-refractivity contribution in [2.75, 3.05) is 25.5 Å². The van der Waals surface area contributed by atoms with Crippen LogP contribution >= 0.6 is 0 Å². The van der Waals surface area contributed by atoms with Crippen molar-refractivity contribution in [2.45, 2.75) is 24.3 Å². The van der Waals surface area contributed by atoms with E-state index < -0.39 is 10.0 Å². The van der Waals surface area contributed by atoms with Crippen LogP contribution in [0.5, 0.6) is 0 Å². The molecule has 3 rings (SSSR count). The van der Waals surface area contributed by atoms with E-state index >= 15 is 0 Å². The molecule has 0 aliphatic carbocycles. The van der Waals surface area contributed by atoms with Gasteiger partial charge in [-0.2, -0.15) is 0 Å². The van der Waals surface area contributed by atoms with Gasteiger partial charge in [-0.3, -0.25) is 0 Å². The fourth-order valence-electron chi connectivity index (χ4n) is 2.89. The van der Waals surface area contributed by atoms with Gasteiger partial charge < -0.3 is 10.6 Å². The fraction of sp³-hybridized carbons (Fsp3) is 0.353. The number of nitrogens with zero attached hydrogens (tertiary/aromatic N) is 1. The monoisotopic (exact) mass is 346 g/mol. The third kappa shape index (κ3) is 3.43. The highest BCUT2D eigenvalue weighted by atomic mass is 32.2. The summed E-state index contributed by atoms with van der Waals surface area (Å²) in [6.45, 7) is 3.08. The minimum Gasteiger partial charge on any atom is -0.367 e. The molecule has 7 heteroatoms. The summed E-state index contributed by atoms with van der Waals surface area (Å²) in [5.41, 5.74) is 3.29. The van der Waals surface area contributed by atoms with Gasteiger partial charge in [0.15, 0.2) is 0 Å². The number of rotatable bonds is 6. The normalized spacial score (nSPS) is 16.7. The highest BCUT2D eigenvalue weighted by Gasteiger charge is 2.21. The Labute approximate surface area is 142 Å². The average molecular weight is 346 g/mol. The lowest BCUT2D eigenvalue weighted by Crippen LogP contribution is -2.30. The van der Waals surface area contributed by atoms with Crippen LogP contribution in [-0.2, 0) is 16.4 Å². The van der Waals surface area contributed by atoms with Crippen LogP contribution in [0.25, 0.3) is 11.1 Å². The standard InChI is InChI=1S/C17H22N4O2S/c1-12-11-16-15(7-8-19-17(16)21-12)13-3-5-14(6-4-13)24(22,23)20-10-9-18-2/h3-8,12,18,20H,9-11H2,1-2H3,(H,19,21).